The van der Waals surface area contributed by atoms with E-state index >= 15 is 4.39 Å². The zero-order valence-corrected chi connectivity index (χ0v) is 23.5. The summed E-state index contributed by atoms with van der Waals surface area (Å²) in [7, 11) is 0. The maximum absolute atomic E-state index is 15.2. The first kappa shape index (κ1) is 26.4. The standard InChI is InChI=1S/C29H30ClFN6O3/c1-14(2)22-25(23(15(3)4)33-13-32-22)37-28-20-26(21(30)24(34-28)19-17(31)9-7-10-18(19)38)40-12-16-8-5-6-11-36(16)27(20)35-29(37)39/h7,9-10,13-16,38H,5-6,8,11-12H2,1-4H3/t16-/m1/s1. The van der Waals surface area contributed by atoms with Crippen LogP contribution >= 0.6 is 11.6 Å². The lowest BCUT2D eigenvalue weighted by atomic mass is 10.0. The highest BCUT2D eigenvalue weighted by molar-refractivity contribution is 6.36. The highest BCUT2D eigenvalue weighted by Crippen LogP contribution is 2.47. The number of halogens is 2. The molecule has 1 atom stereocenters. The van der Waals surface area contributed by atoms with Gasteiger partial charge in [0, 0.05) is 6.54 Å². The molecule has 6 rings (SSSR count). The minimum atomic E-state index is -0.705. The van der Waals surface area contributed by atoms with Crippen molar-refractivity contribution in [1.29, 1.82) is 0 Å². The predicted molar refractivity (Wildman–Crippen MR) is 151 cm³/mol. The summed E-state index contributed by atoms with van der Waals surface area (Å²) in [4.78, 5) is 34.7. The fourth-order valence-electron chi connectivity index (χ4n) is 5.75. The second kappa shape index (κ2) is 9.99. The lowest BCUT2D eigenvalue weighted by Gasteiger charge is -2.35. The first-order chi connectivity index (χ1) is 19.2. The minimum Gasteiger partial charge on any atom is -0.507 e. The smallest absolute Gasteiger partial charge is 0.355 e. The number of nitrogens with zero attached hydrogens (tertiary/aromatic N) is 6. The van der Waals surface area contributed by atoms with Crippen molar-refractivity contribution in [2.45, 2.75) is 64.8 Å². The molecule has 0 aliphatic carbocycles. The largest absolute Gasteiger partial charge is 0.507 e. The fraction of sp³-hybridized carbons (Fsp3) is 0.414. The number of piperidine rings is 1. The molecule has 0 saturated carbocycles. The normalized spacial score (nSPS) is 16.8. The lowest BCUT2D eigenvalue weighted by Crippen LogP contribution is -2.43. The molecule has 1 N–H and O–H groups in total. The van der Waals surface area contributed by atoms with Crippen LogP contribution in [0.4, 0.5) is 10.2 Å². The van der Waals surface area contributed by atoms with Crippen molar-refractivity contribution in [2.24, 2.45) is 0 Å². The number of phenolic OH excluding ortho intramolecular Hbond substituents is 1. The Kier molecular flexibility index (Phi) is 6.60. The van der Waals surface area contributed by atoms with Crippen LogP contribution in [0.25, 0.3) is 28.0 Å². The van der Waals surface area contributed by atoms with Gasteiger partial charge in [0.1, 0.15) is 46.4 Å². The number of benzene rings is 1. The van der Waals surface area contributed by atoms with E-state index < -0.39 is 11.5 Å². The first-order valence-corrected chi connectivity index (χ1v) is 14.0. The predicted octanol–water partition coefficient (Wildman–Crippen LogP) is 5.73. The van der Waals surface area contributed by atoms with E-state index in [1.54, 1.807) is 0 Å². The van der Waals surface area contributed by atoms with Crippen LogP contribution in [0.5, 0.6) is 11.5 Å². The zero-order valence-electron chi connectivity index (χ0n) is 22.8. The highest BCUT2D eigenvalue weighted by atomic mass is 35.5. The van der Waals surface area contributed by atoms with Crippen molar-refractivity contribution in [3.8, 4) is 28.4 Å². The van der Waals surface area contributed by atoms with E-state index in [4.69, 9.17) is 21.3 Å². The van der Waals surface area contributed by atoms with Crippen molar-refractivity contribution in [1.82, 2.24) is 24.5 Å². The van der Waals surface area contributed by atoms with E-state index in [0.717, 1.165) is 19.3 Å². The van der Waals surface area contributed by atoms with Gasteiger partial charge in [-0.25, -0.2) is 28.7 Å². The van der Waals surface area contributed by atoms with Crippen LogP contribution in [0.15, 0.2) is 29.3 Å². The zero-order chi connectivity index (χ0) is 28.3. The number of fused-ring (bicyclic) bond motifs is 2. The van der Waals surface area contributed by atoms with Crippen LogP contribution < -0.4 is 15.3 Å². The monoisotopic (exact) mass is 564 g/mol. The minimum absolute atomic E-state index is 0.00834. The van der Waals surface area contributed by atoms with Crippen molar-refractivity contribution >= 4 is 28.5 Å². The SMILES string of the molecule is CC(C)c1ncnc(C(C)C)c1-n1c(=O)nc2c3c(c(Cl)c(-c4c(O)cccc4F)nc31)OC[C@H]1CCCCN21. The van der Waals surface area contributed by atoms with Crippen LogP contribution in [-0.4, -0.2) is 48.8 Å². The number of phenols is 1. The van der Waals surface area contributed by atoms with Crippen LogP contribution in [0.2, 0.25) is 5.02 Å². The summed E-state index contributed by atoms with van der Waals surface area (Å²) in [6.45, 7) is 8.96. The third kappa shape index (κ3) is 4.08. The molecule has 2 aliphatic heterocycles. The second-order valence-electron chi connectivity index (χ2n) is 10.9. The molecule has 208 valence electrons. The number of aromatic nitrogens is 5. The van der Waals surface area contributed by atoms with Gasteiger partial charge < -0.3 is 14.7 Å². The van der Waals surface area contributed by atoms with Crippen LogP contribution in [0, 0.1) is 5.82 Å². The summed E-state index contributed by atoms with van der Waals surface area (Å²) in [5.41, 5.74) is 1.22. The van der Waals surface area contributed by atoms with Crippen molar-refractivity contribution in [2.75, 3.05) is 18.1 Å². The number of pyridine rings is 1. The van der Waals surface area contributed by atoms with Gasteiger partial charge in [-0.2, -0.15) is 4.98 Å². The number of aromatic hydroxyl groups is 1. The van der Waals surface area contributed by atoms with Gasteiger partial charge in [0.05, 0.1) is 28.7 Å². The molecule has 0 amide bonds. The maximum atomic E-state index is 15.2. The molecule has 1 aromatic carbocycles. The summed E-state index contributed by atoms with van der Waals surface area (Å²) >= 11 is 6.92. The van der Waals surface area contributed by atoms with Crippen molar-refractivity contribution in [3.63, 3.8) is 0 Å². The third-order valence-electron chi connectivity index (χ3n) is 7.65. The molecule has 0 radical (unpaired) electrons. The molecule has 4 aromatic rings. The molecule has 40 heavy (non-hydrogen) atoms. The average molecular weight is 565 g/mol. The van der Waals surface area contributed by atoms with Crippen molar-refractivity contribution < 1.29 is 14.2 Å². The Labute approximate surface area is 235 Å². The third-order valence-corrected chi connectivity index (χ3v) is 8.00. The molecule has 0 unspecified atom stereocenters. The second-order valence-corrected chi connectivity index (χ2v) is 11.3. The lowest BCUT2D eigenvalue weighted by molar-refractivity contribution is 0.267. The molecular weight excluding hydrogens is 535 g/mol. The molecule has 11 heteroatoms. The summed E-state index contributed by atoms with van der Waals surface area (Å²) in [6.07, 6.45) is 4.34. The van der Waals surface area contributed by atoms with Crippen LogP contribution in [0.1, 0.15) is 70.2 Å². The Hall–Kier alpha value is -3.79. The van der Waals surface area contributed by atoms with E-state index in [9.17, 15) is 9.90 Å². The maximum Gasteiger partial charge on any atom is 0.355 e. The van der Waals surface area contributed by atoms with Crippen molar-refractivity contribution in [3.05, 3.63) is 57.2 Å². The summed E-state index contributed by atoms with van der Waals surface area (Å²) in [5, 5.41) is 11.2. The molecule has 3 aromatic heterocycles. The van der Waals surface area contributed by atoms with Gasteiger partial charge >= 0.3 is 5.69 Å². The topological polar surface area (TPSA) is 106 Å². The fourth-order valence-corrected chi connectivity index (χ4v) is 6.04. The van der Waals surface area contributed by atoms with E-state index in [-0.39, 0.29) is 51.3 Å². The number of ether oxygens (including phenoxy) is 1. The van der Waals surface area contributed by atoms with Gasteiger partial charge in [0.15, 0.2) is 11.4 Å². The quantitative estimate of drug-likeness (QED) is 0.335. The molecule has 5 heterocycles. The van der Waals surface area contributed by atoms with Gasteiger partial charge in [0.25, 0.3) is 0 Å². The van der Waals surface area contributed by atoms with Gasteiger partial charge in [-0.1, -0.05) is 45.4 Å². The summed E-state index contributed by atoms with van der Waals surface area (Å²) in [5.74, 6) is -0.451. The Morgan fingerprint density at radius 3 is 2.50 bits per heavy atom. The molecule has 9 nitrogen and oxygen atoms in total. The van der Waals surface area contributed by atoms with E-state index in [0.29, 0.717) is 41.4 Å². The van der Waals surface area contributed by atoms with Gasteiger partial charge in [-0.3, -0.25) is 0 Å². The number of anilines is 1. The number of hydrogen-bond acceptors (Lipinski definition) is 8. The van der Waals surface area contributed by atoms with Crippen LogP contribution in [-0.2, 0) is 0 Å². The van der Waals surface area contributed by atoms with E-state index in [1.807, 2.05) is 27.7 Å². The van der Waals surface area contributed by atoms with E-state index in [1.165, 1.54) is 29.1 Å². The Morgan fingerprint density at radius 1 is 1.10 bits per heavy atom. The first-order valence-electron chi connectivity index (χ1n) is 13.6. The molecule has 0 spiro atoms. The molecular formula is C29H30ClFN6O3. The molecule has 1 fully saturated rings. The molecule has 1 saturated heterocycles. The number of rotatable bonds is 4. The Balaban J connectivity index is 1.81. The van der Waals surface area contributed by atoms with E-state index in [2.05, 4.69) is 19.9 Å². The average Bonchev–Trinajstić information content (AvgIpc) is 3.08. The van der Waals surface area contributed by atoms with Crippen LogP contribution in [0.3, 0.4) is 0 Å². The molecule has 2 aliphatic rings. The Bertz CT molecular complexity index is 1660. The number of hydrogen-bond donors (Lipinski definition) is 1. The van der Waals surface area contributed by atoms with Gasteiger partial charge in [-0.05, 0) is 43.2 Å². The summed E-state index contributed by atoms with van der Waals surface area (Å²) in [6, 6.07) is 3.98. The van der Waals surface area contributed by atoms with Gasteiger partial charge in [0.2, 0.25) is 0 Å². The van der Waals surface area contributed by atoms with Gasteiger partial charge in [-0.15, -0.1) is 0 Å². The Morgan fingerprint density at radius 2 is 1.82 bits per heavy atom. The molecule has 0 bridgehead atoms. The summed E-state index contributed by atoms with van der Waals surface area (Å²) < 4.78 is 22.9. The highest BCUT2D eigenvalue weighted by Gasteiger charge is 2.35.